The van der Waals surface area contributed by atoms with Crippen molar-refractivity contribution in [2.24, 2.45) is 27.7 Å². The summed E-state index contributed by atoms with van der Waals surface area (Å²) in [5.74, 6) is -0.998. The topological polar surface area (TPSA) is 91.1 Å². The molecule has 3 atom stereocenters. The maximum atomic E-state index is 11.8. The van der Waals surface area contributed by atoms with Gasteiger partial charge in [-0.25, -0.2) is 4.79 Å². The van der Waals surface area contributed by atoms with E-state index in [-0.39, 0.29) is 40.8 Å². The molecule has 6 heteroatoms. The monoisotopic (exact) mass is 277 g/mol. The Hall–Kier alpha value is -1.98. The number of hydrogen-bond donors (Lipinski definition) is 2. The first-order chi connectivity index (χ1) is 9.32. The molecule has 0 aromatic carbocycles. The standard InChI is InChI=1S/C14H19N3O3/c1-6(2)10-13(18)17-12(16-10)11-9(14(19)20)8(4)7(3)5-15-11/h5-8,10H,1-4H3,(H,19,20)(H,16,17,18). The van der Waals surface area contributed by atoms with Crippen LogP contribution in [-0.4, -0.2) is 35.1 Å². The van der Waals surface area contributed by atoms with Crippen LogP contribution in [0.2, 0.25) is 0 Å². The van der Waals surface area contributed by atoms with E-state index >= 15 is 0 Å². The van der Waals surface area contributed by atoms with Gasteiger partial charge in [-0.3, -0.25) is 14.8 Å². The Morgan fingerprint density at radius 1 is 1.40 bits per heavy atom. The van der Waals surface area contributed by atoms with Crippen molar-refractivity contribution in [2.75, 3.05) is 0 Å². The predicted molar refractivity (Wildman–Crippen MR) is 75.7 cm³/mol. The third kappa shape index (κ3) is 2.37. The molecular formula is C14H19N3O3. The van der Waals surface area contributed by atoms with E-state index in [1.165, 1.54) is 0 Å². The highest BCUT2D eigenvalue weighted by molar-refractivity contribution is 6.16. The molecule has 0 fully saturated rings. The summed E-state index contributed by atoms with van der Waals surface area (Å²) >= 11 is 0. The summed E-state index contributed by atoms with van der Waals surface area (Å²) in [6, 6.07) is -0.475. The number of nitrogens with zero attached hydrogens (tertiary/aromatic N) is 2. The van der Waals surface area contributed by atoms with Crippen molar-refractivity contribution in [3.63, 3.8) is 0 Å². The van der Waals surface area contributed by atoms with E-state index in [1.54, 1.807) is 6.21 Å². The quantitative estimate of drug-likeness (QED) is 0.813. The molecule has 0 saturated carbocycles. The van der Waals surface area contributed by atoms with Gasteiger partial charge in [-0.05, 0) is 17.8 Å². The molecule has 2 N–H and O–H groups in total. The van der Waals surface area contributed by atoms with Crippen molar-refractivity contribution in [3.05, 3.63) is 11.3 Å². The molecule has 6 nitrogen and oxygen atoms in total. The fourth-order valence-electron chi connectivity index (χ4n) is 2.35. The third-order valence-corrected chi connectivity index (χ3v) is 3.80. The van der Waals surface area contributed by atoms with Crippen LogP contribution >= 0.6 is 0 Å². The van der Waals surface area contributed by atoms with Gasteiger partial charge < -0.3 is 10.4 Å². The number of hydrogen-bond acceptors (Lipinski definition) is 4. The van der Waals surface area contributed by atoms with Gasteiger partial charge in [0.25, 0.3) is 5.91 Å². The first-order valence-electron chi connectivity index (χ1n) is 6.73. The van der Waals surface area contributed by atoms with Crippen LogP contribution in [0.5, 0.6) is 0 Å². The fourth-order valence-corrected chi connectivity index (χ4v) is 2.35. The SMILES string of the molecule is CC(C)C1N=C(C2=C(C(=O)O)C(C)C(C)C=N2)NC1=O. The van der Waals surface area contributed by atoms with Crippen molar-refractivity contribution in [1.29, 1.82) is 0 Å². The van der Waals surface area contributed by atoms with Crippen molar-refractivity contribution < 1.29 is 14.7 Å². The number of rotatable bonds is 3. The molecule has 108 valence electrons. The molecule has 20 heavy (non-hydrogen) atoms. The van der Waals surface area contributed by atoms with Gasteiger partial charge in [-0.15, -0.1) is 0 Å². The first-order valence-corrected chi connectivity index (χ1v) is 6.73. The summed E-state index contributed by atoms with van der Waals surface area (Å²) in [7, 11) is 0. The molecule has 0 aliphatic carbocycles. The number of aliphatic carboxylic acids is 1. The average Bonchev–Trinajstić information content (AvgIpc) is 2.74. The highest BCUT2D eigenvalue weighted by Gasteiger charge is 2.35. The van der Waals surface area contributed by atoms with Gasteiger partial charge in [-0.2, -0.15) is 0 Å². The lowest BCUT2D eigenvalue weighted by molar-refractivity contribution is -0.133. The van der Waals surface area contributed by atoms with Crippen LogP contribution in [0, 0.1) is 17.8 Å². The van der Waals surface area contributed by atoms with Gasteiger partial charge in [0.15, 0.2) is 5.84 Å². The van der Waals surface area contributed by atoms with Gasteiger partial charge in [0, 0.05) is 6.21 Å². The Bertz CT molecular complexity index is 546. The van der Waals surface area contributed by atoms with Crippen molar-refractivity contribution >= 4 is 23.9 Å². The molecule has 2 aliphatic rings. The predicted octanol–water partition coefficient (Wildman–Crippen LogP) is 1.23. The van der Waals surface area contributed by atoms with Crippen LogP contribution in [-0.2, 0) is 9.59 Å². The van der Waals surface area contributed by atoms with Gasteiger partial charge in [0.05, 0.1) is 5.57 Å². The molecule has 0 bridgehead atoms. The second kappa shape index (κ2) is 5.19. The number of amidine groups is 1. The Kier molecular flexibility index (Phi) is 3.74. The summed E-state index contributed by atoms with van der Waals surface area (Å²) in [5, 5.41) is 12.1. The molecule has 2 rings (SSSR count). The van der Waals surface area contributed by atoms with Crippen LogP contribution in [0.25, 0.3) is 0 Å². The Morgan fingerprint density at radius 3 is 2.55 bits per heavy atom. The van der Waals surface area contributed by atoms with Crippen molar-refractivity contribution in [3.8, 4) is 0 Å². The lowest BCUT2D eigenvalue weighted by atomic mass is 9.86. The Labute approximate surface area is 117 Å². The highest BCUT2D eigenvalue weighted by atomic mass is 16.4. The minimum Gasteiger partial charge on any atom is -0.478 e. The van der Waals surface area contributed by atoms with Crippen LogP contribution in [0.3, 0.4) is 0 Å². The smallest absolute Gasteiger partial charge is 0.334 e. The third-order valence-electron chi connectivity index (χ3n) is 3.80. The van der Waals surface area contributed by atoms with E-state index in [0.29, 0.717) is 0 Å². The molecule has 0 radical (unpaired) electrons. The number of aliphatic imine (C=N–C) groups is 2. The molecule has 3 unspecified atom stereocenters. The van der Waals surface area contributed by atoms with Gasteiger partial charge in [-0.1, -0.05) is 27.7 Å². The average molecular weight is 277 g/mol. The number of amides is 1. The molecule has 2 aliphatic heterocycles. The largest absolute Gasteiger partial charge is 0.478 e. The number of carbonyl (C=O) groups is 2. The highest BCUT2D eigenvalue weighted by Crippen LogP contribution is 2.29. The number of carboxylic acids is 1. The molecule has 2 heterocycles. The number of carbonyl (C=O) groups excluding carboxylic acids is 1. The fraction of sp³-hybridized carbons (Fsp3) is 0.571. The summed E-state index contributed by atoms with van der Waals surface area (Å²) in [6.07, 6.45) is 1.71. The van der Waals surface area contributed by atoms with E-state index in [2.05, 4.69) is 15.3 Å². The number of nitrogens with one attached hydrogen (secondary N) is 1. The lowest BCUT2D eigenvalue weighted by Gasteiger charge is -2.23. The van der Waals surface area contributed by atoms with Crippen LogP contribution in [0.1, 0.15) is 27.7 Å². The van der Waals surface area contributed by atoms with E-state index < -0.39 is 12.0 Å². The van der Waals surface area contributed by atoms with E-state index in [0.717, 1.165) is 0 Å². The zero-order chi connectivity index (χ0) is 15.0. The van der Waals surface area contributed by atoms with E-state index in [4.69, 9.17) is 0 Å². The second-order valence-corrected chi connectivity index (χ2v) is 5.65. The lowest BCUT2D eigenvalue weighted by Crippen LogP contribution is -2.34. The maximum absolute atomic E-state index is 11.8. The first kappa shape index (κ1) is 14.4. The summed E-state index contributed by atoms with van der Waals surface area (Å²) in [6.45, 7) is 7.56. The molecule has 1 amide bonds. The van der Waals surface area contributed by atoms with Crippen molar-refractivity contribution in [2.45, 2.75) is 33.7 Å². The summed E-state index contributed by atoms with van der Waals surface area (Å²) in [4.78, 5) is 31.8. The molecule has 0 spiro atoms. The Morgan fingerprint density at radius 2 is 2.05 bits per heavy atom. The van der Waals surface area contributed by atoms with Crippen LogP contribution < -0.4 is 5.32 Å². The Balaban J connectivity index is 2.45. The van der Waals surface area contributed by atoms with Gasteiger partial charge >= 0.3 is 5.97 Å². The maximum Gasteiger partial charge on any atom is 0.334 e. The van der Waals surface area contributed by atoms with Gasteiger partial charge in [0.1, 0.15) is 11.7 Å². The van der Waals surface area contributed by atoms with Crippen molar-refractivity contribution in [1.82, 2.24) is 5.32 Å². The van der Waals surface area contributed by atoms with Gasteiger partial charge in [0.2, 0.25) is 0 Å². The van der Waals surface area contributed by atoms with E-state index in [9.17, 15) is 14.7 Å². The van der Waals surface area contributed by atoms with Crippen LogP contribution in [0.4, 0.5) is 0 Å². The normalized spacial score (nSPS) is 29.8. The minimum absolute atomic E-state index is 0.0449. The zero-order valence-electron chi connectivity index (χ0n) is 12.0. The summed E-state index contributed by atoms with van der Waals surface area (Å²) in [5.41, 5.74) is 0.489. The molecule has 0 aromatic rings. The minimum atomic E-state index is -1.01. The summed E-state index contributed by atoms with van der Waals surface area (Å²) < 4.78 is 0. The molecule has 0 aromatic heterocycles. The molecular weight excluding hydrogens is 258 g/mol. The molecule has 0 saturated heterocycles. The second-order valence-electron chi connectivity index (χ2n) is 5.65. The number of carboxylic acid groups (broad SMARTS) is 1. The zero-order valence-corrected chi connectivity index (χ0v) is 12.0. The van der Waals surface area contributed by atoms with Crippen LogP contribution in [0.15, 0.2) is 21.3 Å². The van der Waals surface area contributed by atoms with E-state index in [1.807, 2.05) is 27.7 Å².